The number of carbonyl (C=O) groups is 1. The predicted octanol–water partition coefficient (Wildman–Crippen LogP) is 5.24. The van der Waals surface area contributed by atoms with Gasteiger partial charge in [0.05, 0.1) is 5.54 Å². The predicted molar refractivity (Wildman–Crippen MR) is 77.3 cm³/mol. The van der Waals surface area contributed by atoms with E-state index in [2.05, 4.69) is 6.92 Å². The molecule has 0 aromatic rings. The van der Waals surface area contributed by atoms with Gasteiger partial charge in [-0.15, -0.1) is 33.2 Å². The van der Waals surface area contributed by atoms with Crippen LogP contribution < -0.4 is 0 Å². The normalized spacial score (nSPS) is 13.6. The summed E-state index contributed by atoms with van der Waals surface area (Å²) >= 11 is 17.3. The summed E-state index contributed by atoms with van der Waals surface area (Å²) in [6.45, 7) is 2.18. The van der Waals surface area contributed by atoms with Gasteiger partial charge in [-0.3, -0.25) is 4.79 Å². The molecule has 0 radical (unpaired) electrons. The standard InChI is InChI=1S/C11H21Cl3O2Si/c1-2-3-4-5-6-7-8-9-10(11(15)16)17(12,13)14/h10H,2-9H2,1H3,(H,15,16). The number of carboxylic acid groups (broad SMARTS) is 1. The van der Waals surface area contributed by atoms with E-state index in [0.717, 1.165) is 19.3 Å². The molecule has 1 atom stereocenters. The lowest BCUT2D eigenvalue weighted by Gasteiger charge is -2.17. The van der Waals surface area contributed by atoms with Gasteiger partial charge >= 0.3 is 12.0 Å². The first-order chi connectivity index (χ1) is 7.89. The highest BCUT2D eigenvalue weighted by molar-refractivity contribution is 7.65. The minimum atomic E-state index is -3.11. The van der Waals surface area contributed by atoms with Crippen molar-refractivity contribution in [3.05, 3.63) is 0 Å². The maximum Gasteiger partial charge on any atom is 0.355 e. The summed E-state index contributed by atoms with van der Waals surface area (Å²) in [5.41, 5.74) is -0.761. The Morgan fingerprint density at radius 3 is 1.94 bits per heavy atom. The van der Waals surface area contributed by atoms with E-state index in [1.54, 1.807) is 0 Å². The number of hydrogen-bond donors (Lipinski definition) is 1. The summed E-state index contributed by atoms with van der Waals surface area (Å²) in [7, 11) is 0. The smallest absolute Gasteiger partial charge is 0.355 e. The minimum Gasteiger partial charge on any atom is -0.481 e. The Kier molecular flexibility index (Phi) is 9.79. The third-order valence-electron chi connectivity index (χ3n) is 2.79. The molecule has 0 fully saturated rings. The van der Waals surface area contributed by atoms with Crippen molar-refractivity contribution in [1.82, 2.24) is 0 Å². The molecule has 0 aromatic carbocycles. The summed E-state index contributed by atoms with van der Waals surface area (Å²) in [6.07, 6.45) is 8.50. The largest absolute Gasteiger partial charge is 0.481 e. The average Bonchev–Trinajstić information content (AvgIpc) is 2.19. The van der Waals surface area contributed by atoms with Gasteiger partial charge in [-0.05, 0) is 6.42 Å². The maximum atomic E-state index is 10.9. The third kappa shape index (κ3) is 9.17. The molecular formula is C11H21Cl3O2Si. The molecule has 0 heterocycles. The molecule has 1 N–H and O–H groups in total. The first-order valence-electron chi connectivity index (χ1n) is 6.19. The van der Waals surface area contributed by atoms with Crippen LogP contribution in [0.1, 0.15) is 58.3 Å². The van der Waals surface area contributed by atoms with E-state index in [1.165, 1.54) is 25.7 Å². The number of carboxylic acids is 1. The lowest BCUT2D eigenvalue weighted by atomic mass is 10.1. The molecule has 0 saturated heterocycles. The molecule has 0 aliphatic rings. The average molecular weight is 320 g/mol. The fraction of sp³-hybridized carbons (Fsp3) is 0.909. The van der Waals surface area contributed by atoms with Crippen LogP contribution in [0.4, 0.5) is 0 Å². The number of rotatable bonds is 10. The number of halogens is 3. The first kappa shape index (κ1) is 17.6. The van der Waals surface area contributed by atoms with Gasteiger partial charge in [0.1, 0.15) is 0 Å². The minimum absolute atomic E-state index is 0.492. The maximum absolute atomic E-state index is 10.9. The molecule has 6 heteroatoms. The second kappa shape index (κ2) is 9.48. The molecule has 0 aliphatic carbocycles. The summed E-state index contributed by atoms with van der Waals surface area (Å²) in [5.74, 6) is -0.970. The summed E-state index contributed by atoms with van der Waals surface area (Å²) in [4.78, 5) is 10.9. The van der Waals surface area contributed by atoms with Gasteiger partial charge in [0.25, 0.3) is 0 Å². The second-order valence-corrected chi connectivity index (χ2v) is 13.2. The Bertz CT molecular complexity index is 219. The zero-order chi connectivity index (χ0) is 13.3. The highest BCUT2D eigenvalue weighted by Crippen LogP contribution is 2.37. The van der Waals surface area contributed by atoms with E-state index in [1.807, 2.05) is 0 Å². The van der Waals surface area contributed by atoms with E-state index in [-0.39, 0.29) is 0 Å². The number of aliphatic carboxylic acids is 1. The topological polar surface area (TPSA) is 37.3 Å². The molecule has 0 spiro atoms. The van der Waals surface area contributed by atoms with Crippen LogP contribution >= 0.6 is 33.2 Å². The monoisotopic (exact) mass is 318 g/mol. The van der Waals surface area contributed by atoms with Crippen LogP contribution in [0.5, 0.6) is 0 Å². The highest BCUT2D eigenvalue weighted by Gasteiger charge is 2.41. The molecule has 1 unspecified atom stereocenters. The van der Waals surface area contributed by atoms with Crippen molar-refractivity contribution in [2.75, 3.05) is 0 Å². The van der Waals surface area contributed by atoms with Crippen molar-refractivity contribution < 1.29 is 9.90 Å². The van der Waals surface area contributed by atoms with Crippen LogP contribution in [-0.2, 0) is 4.79 Å². The lowest BCUT2D eigenvalue weighted by Crippen LogP contribution is -2.27. The van der Waals surface area contributed by atoms with Crippen LogP contribution in [0.3, 0.4) is 0 Å². The molecule has 0 bridgehead atoms. The van der Waals surface area contributed by atoms with Gasteiger partial charge in [0, 0.05) is 0 Å². The highest BCUT2D eigenvalue weighted by atomic mass is 35.8. The fourth-order valence-corrected chi connectivity index (χ4v) is 4.37. The third-order valence-corrected chi connectivity index (χ3v) is 6.49. The van der Waals surface area contributed by atoms with Crippen LogP contribution in [-0.4, -0.2) is 17.1 Å². The Labute approximate surface area is 119 Å². The van der Waals surface area contributed by atoms with Crippen molar-refractivity contribution in [3.8, 4) is 0 Å². The zero-order valence-corrected chi connectivity index (χ0v) is 13.5. The van der Waals surface area contributed by atoms with Crippen molar-refractivity contribution in [2.24, 2.45) is 0 Å². The molecule has 0 aromatic heterocycles. The van der Waals surface area contributed by atoms with Crippen molar-refractivity contribution >= 4 is 45.2 Å². The molecule has 0 rings (SSSR count). The fourth-order valence-electron chi connectivity index (χ4n) is 1.73. The molecule has 0 aliphatic heterocycles. The Morgan fingerprint density at radius 2 is 1.53 bits per heavy atom. The van der Waals surface area contributed by atoms with Crippen LogP contribution in [0.25, 0.3) is 0 Å². The molecule has 0 saturated carbocycles. The van der Waals surface area contributed by atoms with Gasteiger partial charge in [-0.1, -0.05) is 51.9 Å². The zero-order valence-electron chi connectivity index (χ0n) is 10.2. The summed E-state index contributed by atoms with van der Waals surface area (Å²) < 4.78 is 0. The first-order valence-corrected chi connectivity index (χ1v) is 11.3. The number of hydrogen-bond acceptors (Lipinski definition) is 1. The van der Waals surface area contributed by atoms with Crippen LogP contribution in [0.15, 0.2) is 0 Å². The van der Waals surface area contributed by atoms with E-state index in [4.69, 9.17) is 38.3 Å². The Morgan fingerprint density at radius 1 is 1.06 bits per heavy atom. The molecule has 102 valence electrons. The quantitative estimate of drug-likeness (QED) is 0.340. The molecule has 17 heavy (non-hydrogen) atoms. The molecular weight excluding hydrogens is 299 g/mol. The molecule has 2 nitrogen and oxygen atoms in total. The van der Waals surface area contributed by atoms with Crippen LogP contribution in [0.2, 0.25) is 5.54 Å². The Hall–Kier alpha value is 0.557. The SMILES string of the molecule is CCCCCCCCCC(C(=O)O)[Si](Cl)(Cl)Cl. The van der Waals surface area contributed by atoms with Gasteiger partial charge in [-0.2, -0.15) is 0 Å². The number of unbranched alkanes of at least 4 members (excludes halogenated alkanes) is 6. The summed E-state index contributed by atoms with van der Waals surface area (Å²) in [5, 5.41) is 8.96. The van der Waals surface area contributed by atoms with Gasteiger partial charge in [0.15, 0.2) is 0 Å². The van der Waals surface area contributed by atoms with Crippen molar-refractivity contribution in [3.63, 3.8) is 0 Å². The Balaban J connectivity index is 3.67. The van der Waals surface area contributed by atoms with Crippen LogP contribution in [0, 0.1) is 0 Å². The summed E-state index contributed by atoms with van der Waals surface area (Å²) in [6, 6.07) is -3.11. The molecule has 0 amide bonds. The van der Waals surface area contributed by atoms with Gasteiger partial charge in [0.2, 0.25) is 0 Å². The van der Waals surface area contributed by atoms with Gasteiger partial charge < -0.3 is 5.11 Å². The van der Waals surface area contributed by atoms with Crippen molar-refractivity contribution in [2.45, 2.75) is 63.8 Å². The van der Waals surface area contributed by atoms with E-state index in [0.29, 0.717) is 6.42 Å². The lowest BCUT2D eigenvalue weighted by molar-refractivity contribution is -0.137. The second-order valence-electron chi connectivity index (χ2n) is 4.34. The van der Waals surface area contributed by atoms with Crippen molar-refractivity contribution in [1.29, 1.82) is 0 Å². The van der Waals surface area contributed by atoms with E-state index >= 15 is 0 Å². The van der Waals surface area contributed by atoms with E-state index in [9.17, 15) is 4.79 Å². The van der Waals surface area contributed by atoms with E-state index < -0.39 is 17.5 Å². The van der Waals surface area contributed by atoms with Gasteiger partial charge in [-0.25, -0.2) is 0 Å².